The van der Waals surface area contributed by atoms with Crippen molar-refractivity contribution in [3.63, 3.8) is 0 Å². The molecule has 1 aromatic rings. The van der Waals surface area contributed by atoms with Gasteiger partial charge in [-0.15, -0.1) is 0 Å². The molecule has 1 fully saturated rings. The van der Waals surface area contributed by atoms with Gasteiger partial charge in [0, 0.05) is 12.5 Å². The molecule has 0 spiro atoms. The van der Waals surface area contributed by atoms with E-state index in [1.165, 1.54) is 17.0 Å². The summed E-state index contributed by atoms with van der Waals surface area (Å²) >= 11 is 0. The molecule has 0 saturated heterocycles. The largest absolute Gasteiger partial charge is 0.480 e. The van der Waals surface area contributed by atoms with Crippen molar-refractivity contribution in [2.45, 2.75) is 25.3 Å². The number of carbonyl (C=O) groups excluding carboxylic acids is 1. The minimum absolute atomic E-state index is 0.0813. The molecule has 0 atom stereocenters. The highest BCUT2D eigenvalue weighted by molar-refractivity contribution is 5.83. The molecule has 1 aliphatic carbocycles. The van der Waals surface area contributed by atoms with E-state index in [4.69, 9.17) is 5.11 Å². The third-order valence-corrected chi connectivity index (χ3v) is 3.09. The van der Waals surface area contributed by atoms with E-state index >= 15 is 0 Å². The van der Waals surface area contributed by atoms with E-state index in [0.717, 1.165) is 18.4 Å². The molecule has 0 unspecified atom stereocenters. The van der Waals surface area contributed by atoms with Crippen LogP contribution in [-0.4, -0.2) is 34.5 Å². The van der Waals surface area contributed by atoms with Crippen LogP contribution in [0, 0.1) is 5.82 Å². The third kappa shape index (κ3) is 4.19. The molecule has 1 aliphatic rings. The first-order chi connectivity index (χ1) is 9.56. The summed E-state index contributed by atoms with van der Waals surface area (Å²) < 4.78 is 12.7. The Balaban J connectivity index is 1.89. The summed E-state index contributed by atoms with van der Waals surface area (Å²) in [5, 5.41) is 8.79. The number of halogens is 1. The van der Waals surface area contributed by atoms with Crippen LogP contribution in [0.25, 0.3) is 6.08 Å². The normalized spacial score (nSPS) is 14.4. The van der Waals surface area contributed by atoms with Gasteiger partial charge in [0.15, 0.2) is 0 Å². The first-order valence-electron chi connectivity index (χ1n) is 6.49. The van der Waals surface area contributed by atoms with E-state index in [1.54, 1.807) is 24.3 Å². The average Bonchev–Trinajstić information content (AvgIpc) is 3.22. The van der Waals surface area contributed by atoms with Crippen LogP contribution in [-0.2, 0) is 9.59 Å². The minimum atomic E-state index is -0.993. The van der Waals surface area contributed by atoms with Crippen molar-refractivity contribution in [3.05, 3.63) is 41.7 Å². The maximum Gasteiger partial charge on any atom is 0.323 e. The minimum Gasteiger partial charge on any atom is -0.480 e. The molecule has 106 valence electrons. The first-order valence-corrected chi connectivity index (χ1v) is 6.49. The van der Waals surface area contributed by atoms with Gasteiger partial charge in [-0.25, -0.2) is 4.39 Å². The van der Waals surface area contributed by atoms with Gasteiger partial charge in [-0.1, -0.05) is 24.3 Å². The van der Waals surface area contributed by atoms with Crippen molar-refractivity contribution in [2.24, 2.45) is 0 Å². The van der Waals surface area contributed by atoms with Gasteiger partial charge in [-0.2, -0.15) is 0 Å². The van der Waals surface area contributed by atoms with Gasteiger partial charge in [0.2, 0.25) is 5.91 Å². The highest BCUT2D eigenvalue weighted by atomic mass is 19.1. The number of rotatable bonds is 6. The van der Waals surface area contributed by atoms with Crippen LogP contribution in [0.3, 0.4) is 0 Å². The maximum atomic E-state index is 12.7. The number of carboxylic acids is 1. The summed E-state index contributed by atoms with van der Waals surface area (Å²) in [6.07, 6.45) is 5.30. The molecule has 5 heteroatoms. The van der Waals surface area contributed by atoms with Crippen LogP contribution in [0.2, 0.25) is 0 Å². The quantitative estimate of drug-likeness (QED) is 0.868. The van der Waals surface area contributed by atoms with E-state index in [-0.39, 0.29) is 30.7 Å². The molecule has 1 N–H and O–H groups in total. The Kier molecular flexibility index (Phi) is 4.50. The summed E-state index contributed by atoms with van der Waals surface area (Å²) in [6.45, 7) is -0.242. The number of hydrogen-bond donors (Lipinski definition) is 1. The van der Waals surface area contributed by atoms with Crippen LogP contribution in [0.4, 0.5) is 4.39 Å². The fraction of sp³-hybridized carbons (Fsp3) is 0.333. The van der Waals surface area contributed by atoms with Crippen molar-refractivity contribution in [2.75, 3.05) is 6.54 Å². The van der Waals surface area contributed by atoms with Crippen LogP contribution in [0.1, 0.15) is 24.8 Å². The van der Waals surface area contributed by atoms with E-state index in [2.05, 4.69) is 0 Å². The lowest BCUT2D eigenvalue weighted by molar-refractivity contribution is -0.144. The molecule has 1 amide bonds. The SMILES string of the molecule is O=C(O)CN(C(=O)C/C=C/c1ccc(F)cc1)C1CC1. The fourth-order valence-corrected chi connectivity index (χ4v) is 1.94. The smallest absolute Gasteiger partial charge is 0.323 e. The number of hydrogen-bond acceptors (Lipinski definition) is 2. The predicted molar refractivity (Wildman–Crippen MR) is 72.4 cm³/mol. The molecular weight excluding hydrogens is 261 g/mol. The Morgan fingerprint density at radius 2 is 1.95 bits per heavy atom. The Hall–Kier alpha value is -2.17. The van der Waals surface area contributed by atoms with Crippen LogP contribution < -0.4 is 0 Å². The van der Waals surface area contributed by atoms with Gasteiger partial charge in [-0.3, -0.25) is 9.59 Å². The lowest BCUT2D eigenvalue weighted by atomic mass is 10.2. The molecule has 0 radical (unpaired) electrons. The summed E-state index contributed by atoms with van der Waals surface area (Å²) in [5.74, 6) is -1.49. The first kappa shape index (κ1) is 14.2. The van der Waals surface area contributed by atoms with Crippen LogP contribution >= 0.6 is 0 Å². The highest BCUT2D eigenvalue weighted by Crippen LogP contribution is 2.27. The summed E-state index contributed by atoms with van der Waals surface area (Å²) in [7, 11) is 0. The van der Waals surface area contributed by atoms with E-state index in [9.17, 15) is 14.0 Å². The number of amides is 1. The zero-order valence-corrected chi connectivity index (χ0v) is 11.0. The monoisotopic (exact) mass is 277 g/mol. The van der Waals surface area contributed by atoms with Crippen LogP contribution in [0.15, 0.2) is 30.3 Å². The van der Waals surface area contributed by atoms with Crippen LogP contribution in [0.5, 0.6) is 0 Å². The molecule has 0 aromatic heterocycles. The molecule has 0 bridgehead atoms. The second-order valence-electron chi connectivity index (χ2n) is 4.80. The number of benzene rings is 1. The second-order valence-corrected chi connectivity index (χ2v) is 4.80. The standard InChI is InChI=1S/C15H16FNO3/c16-12-6-4-11(5-7-12)2-1-3-14(18)17(10-15(19)20)13-8-9-13/h1-2,4-7,13H,3,8-10H2,(H,19,20)/b2-1+. The van der Waals surface area contributed by atoms with Gasteiger partial charge < -0.3 is 10.0 Å². The Morgan fingerprint density at radius 3 is 2.50 bits per heavy atom. The Labute approximate surface area is 116 Å². The molecular formula is C15H16FNO3. The van der Waals surface area contributed by atoms with Crippen molar-refractivity contribution in [1.82, 2.24) is 4.90 Å². The molecule has 20 heavy (non-hydrogen) atoms. The topological polar surface area (TPSA) is 57.6 Å². The van der Waals surface area contributed by atoms with Gasteiger partial charge >= 0.3 is 5.97 Å². The van der Waals surface area contributed by atoms with Crippen molar-refractivity contribution < 1.29 is 19.1 Å². The zero-order valence-electron chi connectivity index (χ0n) is 11.0. The average molecular weight is 277 g/mol. The maximum absolute atomic E-state index is 12.7. The number of carboxylic acid groups (broad SMARTS) is 1. The molecule has 0 aliphatic heterocycles. The van der Waals surface area contributed by atoms with E-state index in [0.29, 0.717) is 0 Å². The van der Waals surface area contributed by atoms with Crippen molar-refractivity contribution in [3.8, 4) is 0 Å². The molecule has 0 heterocycles. The fourth-order valence-electron chi connectivity index (χ4n) is 1.94. The van der Waals surface area contributed by atoms with Crippen molar-refractivity contribution in [1.29, 1.82) is 0 Å². The lowest BCUT2D eigenvalue weighted by Gasteiger charge is -2.19. The number of nitrogens with zero attached hydrogens (tertiary/aromatic N) is 1. The van der Waals surface area contributed by atoms with Gasteiger partial charge in [0.1, 0.15) is 12.4 Å². The lowest BCUT2D eigenvalue weighted by Crippen LogP contribution is -2.37. The highest BCUT2D eigenvalue weighted by Gasteiger charge is 2.33. The Bertz CT molecular complexity index is 520. The zero-order chi connectivity index (χ0) is 14.5. The summed E-state index contributed by atoms with van der Waals surface area (Å²) in [6, 6.07) is 6.02. The summed E-state index contributed by atoms with van der Waals surface area (Å²) in [5.41, 5.74) is 0.801. The molecule has 1 aromatic carbocycles. The molecule has 4 nitrogen and oxygen atoms in total. The third-order valence-electron chi connectivity index (χ3n) is 3.09. The molecule has 2 rings (SSSR count). The second kappa shape index (κ2) is 6.32. The van der Waals surface area contributed by atoms with Crippen molar-refractivity contribution >= 4 is 18.0 Å². The van der Waals surface area contributed by atoms with Gasteiger partial charge in [0.05, 0.1) is 0 Å². The summed E-state index contributed by atoms with van der Waals surface area (Å²) in [4.78, 5) is 24.1. The van der Waals surface area contributed by atoms with E-state index < -0.39 is 5.97 Å². The van der Waals surface area contributed by atoms with Gasteiger partial charge in [0.25, 0.3) is 0 Å². The van der Waals surface area contributed by atoms with Gasteiger partial charge in [-0.05, 0) is 30.5 Å². The predicted octanol–water partition coefficient (Wildman–Crippen LogP) is 2.30. The molecule has 1 saturated carbocycles. The van der Waals surface area contributed by atoms with E-state index in [1.807, 2.05) is 0 Å². The number of carbonyl (C=O) groups is 2. The number of aliphatic carboxylic acids is 1. The Morgan fingerprint density at radius 1 is 1.30 bits per heavy atom.